The van der Waals surface area contributed by atoms with Gasteiger partial charge in [0.05, 0.1) is 23.5 Å². The summed E-state index contributed by atoms with van der Waals surface area (Å²) >= 11 is 4.17. The fourth-order valence-electron chi connectivity index (χ4n) is 3.19. The quantitative estimate of drug-likeness (QED) is 0.180. The van der Waals surface area contributed by atoms with E-state index in [1.165, 1.54) is 32.2 Å². The zero-order valence-electron chi connectivity index (χ0n) is 19.0. The van der Waals surface area contributed by atoms with Gasteiger partial charge in [-0.15, -0.1) is 0 Å². The molecule has 2 amide bonds. The number of ether oxygens (including phenoxy) is 3. The molecule has 3 rings (SSSR count). The van der Waals surface area contributed by atoms with E-state index >= 15 is 0 Å². The van der Waals surface area contributed by atoms with Gasteiger partial charge in [0.2, 0.25) is 0 Å². The minimum atomic E-state index is -1.05. The highest BCUT2D eigenvalue weighted by atomic mass is 79.9. The van der Waals surface area contributed by atoms with Crippen molar-refractivity contribution in [2.45, 2.75) is 26.5 Å². The summed E-state index contributed by atoms with van der Waals surface area (Å²) in [5, 5.41) is 10.4. The Kier molecular flexibility index (Phi) is 8.52. The number of hydrogen-bond acceptors (Lipinski definition) is 9. The number of carbonyl (C=O) groups excluding carboxylic acids is 3. The van der Waals surface area contributed by atoms with Crippen LogP contribution in [0.25, 0.3) is 6.08 Å². The largest absolute Gasteiger partial charge is 0.490 e. The second-order valence-corrected chi connectivity index (χ2v) is 9.07. The molecule has 1 saturated heterocycles. The van der Waals surface area contributed by atoms with E-state index in [0.717, 1.165) is 16.7 Å². The monoisotopic (exact) mass is 564 g/mol. The van der Waals surface area contributed by atoms with Crippen molar-refractivity contribution in [1.82, 2.24) is 4.90 Å². The van der Waals surface area contributed by atoms with Crippen LogP contribution in [0.1, 0.15) is 25.0 Å². The maximum Gasteiger partial charge on any atom is 0.328 e. The van der Waals surface area contributed by atoms with Crippen molar-refractivity contribution in [2.24, 2.45) is 0 Å². The summed E-state index contributed by atoms with van der Waals surface area (Å²) in [7, 11) is 1.18. The van der Waals surface area contributed by atoms with Crippen molar-refractivity contribution in [2.75, 3.05) is 13.7 Å². The third kappa shape index (κ3) is 6.01. The Morgan fingerprint density at radius 1 is 1.23 bits per heavy atom. The number of esters is 1. The number of rotatable bonds is 9. The van der Waals surface area contributed by atoms with E-state index in [1.54, 1.807) is 31.2 Å². The van der Waals surface area contributed by atoms with E-state index in [1.807, 2.05) is 0 Å². The molecule has 0 bridgehead atoms. The average molecular weight is 565 g/mol. The molecule has 2 aromatic carbocycles. The minimum Gasteiger partial charge on any atom is -0.490 e. The normalized spacial score (nSPS) is 15.3. The zero-order chi connectivity index (χ0) is 25.7. The summed E-state index contributed by atoms with van der Waals surface area (Å²) in [5.41, 5.74) is 1.12. The van der Waals surface area contributed by atoms with Gasteiger partial charge in [-0.25, -0.2) is 4.79 Å². The summed E-state index contributed by atoms with van der Waals surface area (Å²) < 4.78 is 16.7. The minimum absolute atomic E-state index is 0.0388. The lowest BCUT2D eigenvalue weighted by Gasteiger charge is -2.18. The molecule has 0 saturated carbocycles. The smallest absolute Gasteiger partial charge is 0.328 e. The van der Waals surface area contributed by atoms with E-state index < -0.39 is 28.1 Å². The topological polar surface area (TPSA) is 125 Å². The van der Waals surface area contributed by atoms with Crippen molar-refractivity contribution in [3.63, 3.8) is 0 Å². The first-order chi connectivity index (χ1) is 16.7. The first-order valence-electron chi connectivity index (χ1n) is 10.3. The number of halogens is 1. The summed E-state index contributed by atoms with van der Waals surface area (Å²) in [5.74, 6) is -0.531. The number of amides is 2. The Hall–Kier alpha value is -3.38. The highest BCUT2D eigenvalue weighted by molar-refractivity contribution is 9.10. The number of hydrogen-bond donors (Lipinski definition) is 0. The van der Waals surface area contributed by atoms with E-state index in [9.17, 15) is 24.5 Å². The predicted octanol–water partition coefficient (Wildman–Crippen LogP) is 4.93. The van der Waals surface area contributed by atoms with Crippen LogP contribution < -0.4 is 9.47 Å². The van der Waals surface area contributed by atoms with Crippen LogP contribution in [0, 0.1) is 10.1 Å². The molecule has 0 unspecified atom stereocenters. The van der Waals surface area contributed by atoms with Gasteiger partial charge in [-0.2, -0.15) is 0 Å². The summed E-state index contributed by atoms with van der Waals surface area (Å²) in [4.78, 5) is 48.5. The molecule has 0 radical (unpaired) electrons. The maximum absolute atomic E-state index is 12.8. The number of methoxy groups -OCH3 is 1. The zero-order valence-corrected chi connectivity index (χ0v) is 21.4. The summed E-state index contributed by atoms with van der Waals surface area (Å²) in [6.07, 6.45) is 1.52. The Balaban J connectivity index is 1.86. The van der Waals surface area contributed by atoms with Gasteiger partial charge in [-0.1, -0.05) is 28.1 Å². The van der Waals surface area contributed by atoms with Gasteiger partial charge in [0, 0.05) is 16.6 Å². The van der Waals surface area contributed by atoms with Crippen LogP contribution >= 0.6 is 27.7 Å². The molecule has 10 nitrogen and oxygen atoms in total. The number of thioether (sulfide) groups is 1. The highest BCUT2D eigenvalue weighted by Gasteiger charge is 2.41. The van der Waals surface area contributed by atoms with Crippen molar-refractivity contribution >= 4 is 56.6 Å². The Morgan fingerprint density at radius 3 is 2.60 bits per heavy atom. The van der Waals surface area contributed by atoms with Crippen molar-refractivity contribution in [3.8, 4) is 11.5 Å². The predicted molar refractivity (Wildman–Crippen MR) is 132 cm³/mol. The summed E-state index contributed by atoms with van der Waals surface area (Å²) in [6, 6.07) is 8.35. The number of nitrogens with zero attached hydrogens (tertiary/aromatic N) is 2. The molecule has 0 spiro atoms. The standard InChI is InChI=1S/C23H21BrN2O8S/c1-4-33-18-9-15(10-20-21(27)25(23(29)35-20)13(2)22(28)32-3)17(24)11-19(18)34-12-14-6-5-7-16(8-14)26(30)31/h5-11,13H,4,12H2,1-3H3/b20-10+/t13-/m0/s1. The Labute approximate surface area is 213 Å². The first kappa shape index (κ1) is 26.2. The average Bonchev–Trinajstić information content (AvgIpc) is 3.11. The SMILES string of the molecule is CCOc1cc(/C=C2/SC(=O)N([C@@H](C)C(=O)OC)C2=O)c(Br)cc1OCc1cccc([N+](=O)[O-])c1. The van der Waals surface area contributed by atoms with Gasteiger partial charge in [-0.05, 0) is 54.9 Å². The van der Waals surface area contributed by atoms with Gasteiger partial charge in [0.1, 0.15) is 12.6 Å². The first-order valence-corrected chi connectivity index (χ1v) is 11.9. The molecular weight excluding hydrogens is 544 g/mol. The van der Waals surface area contributed by atoms with Crippen LogP contribution in [0.4, 0.5) is 10.5 Å². The van der Waals surface area contributed by atoms with Crippen molar-refractivity contribution in [3.05, 3.63) is 67.0 Å². The number of nitro benzene ring substituents is 1. The van der Waals surface area contributed by atoms with Gasteiger partial charge < -0.3 is 14.2 Å². The molecule has 12 heteroatoms. The fourth-order valence-corrected chi connectivity index (χ4v) is 4.53. The molecule has 2 aromatic rings. The Bertz CT molecular complexity index is 1220. The Morgan fingerprint density at radius 2 is 1.94 bits per heavy atom. The van der Waals surface area contributed by atoms with Crippen LogP contribution in [0.3, 0.4) is 0 Å². The molecule has 35 heavy (non-hydrogen) atoms. The fraction of sp³-hybridized carbons (Fsp3) is 0.261. The molecule has 1 heterocycles. The number of imide groups is 1. The lowest BCUT2D eigenvalue weighted by molar-refractivity contribution is -0.384. The van der Waals surface area contributed by atoms with Gasteiger partial charge >= 0.3 is 5.97 Å². The van der Waals surface area contributed by atoms with E-state index in [2.05, 4.69) is 20.7 Å². The van der Waals surface area contributed by atoms with Crippen LogP contribution in [0.5, 0.6) is 11.5 Å². The van der Waals surface area contributed by atoms with Gasteiger partial charge in [-0.3, -0.25) is 24.6 Å². The van der Waals surface area contributed by atoms with Gasteiger partial charge in [0.15, 0.2) is 11.5 Å². The molecule has 0 N–H and O–H groups in total. The van der Waals surface area contributed by atoms with E-state index in [4.69, 9.17) is 9.47 Å². The number of nitro groups is 1. The molecule has 0 aromatic heterocycles. The lowest BCUT2D eigenvalue weighted by atomic mass is 10.1. The van der Waals surface area contributed by atoms with Crippen molar-refractivity contribution < 1.29 is 33.5 Å². The highest BCUT2D eigenvalue weighted by Crippen LogP contribution is 2.39. The summed E-state index contributed by atoms with van der Waals surface area (Å²) in [6.45, 7) is 3.62. The van der Waals surface area contributed by atoms with Crippen LogP contribution in [0.15, 0.2) is 45.8 Å². The second kappa shape index (κ2) is 11.4. The van der Waals surface area contributed by atoms with Crippen LogP contribution in [-0.4, -0.2) is 46.7 Å². The van der Waals surface area contributed by atoms with Crippen molar-refractivity contribution in [1.29, 1.82) is 0 Å². The molecule has 0 aliphatic carbocycles. The molecule has 1 atom stereocenters. The third-order valence-electron chi connectivity index (χ3n) is 4.92. The lowest BCUT2D eigenvalue weighted by Crippen LogP contribution is -2.42. The molecule has 1 fully saturated rings. The second-order valence-electron chi connectivity index (χ2n) is 7.22. The van der Waals surface area contributed by atoms with E-state index in [-0.39, 0.29) is 17.2 Å². The maximum atomic E-state index is 12.8. The molecule has 1 aliphatic heterocycles. The van der Waals surface area contributed by atoms with E-state index in [0.29, 0.717) is 33.7 Å². The number of benzene rings is 2. The molecule has 184 valence electrons. The van der Waals surface area contributed by atoms with Crippen LogP contribution in [0.2, 0.25) is 0 Å². The molecule has 1 aliphatic rings. The van der Waals surface area contributed by atoms with Gasteiger partial charge in [0.25, 0.3) is 16.8 Å². The van der Waals surface area contributed by atoms with Crippen LogP contribution in [-0.2, 0) is 20.9 Å². The number of non-ortho nitro benzene ring substituents is 1. The molecular formula is C23H21BrN2O8S. The third-order valence-corrected chi connectivity index (χ3v) is 6.49. The number of carbonyl (C=O) groups is 3.